The Morgan fingerprint density at radius 3 is 2.26 bits per heavy atom. The number of para-hydroxylation sites is 1. The molecule has 5 heteroatoms. The lowest BCUT2D eigenvalue weighted by atomic mass is 10.1. The van der Waals surface area contributed by atoms with Crippen molar-refractivity contribution >= 4 is 17.3 Å². The van der Waals surface area contributed by atoms with Crippen molar-refractivity contribution in [1.29, 1.82) is 0 Å². The second kappa shape index (κ2) is 10.1. The van der Waals surface area contributed by atoms with E-state index in [9.17, 15) is 4.79 Å². The lowest BCUT2D eigenvalue weighted by Gasteiger charge is -2.36. The minimum absolute atomic E-state index is 0.0160. The molecule has 0 spiro atoms. The monoisotopic (exact) mass is 415 g/mol. The van der Waals surface area contributed by atoms with E-state index < -0.39 is 0 Å². The zero-order valence-corrected chi connectivity index (χ0v) is 18.0. The molecule has 0 bridgehead atoms. The smallest absolute Gasteiger partial charge is 0.238 e. The van der Waals surface area contributed by atoms with Crippen molar-refractivity contribution in [3.05, 3.63) is 90.0 Å². The summed E-state index contributed by atoms with van der Waals surface area (Å²) in [5, 5.41) is 2.99. The quantitative estimate of drug-likeness (QED) is 0.624. The van der Waals surface area contributed by atoms with E-state index in [1.54, 1.807) is 0 Å². The molecule has 0 aromatic heterocycles. The standard InChI is InChI=1S/C26H29N3O2/c1-21-7-5-6-10-25(21)29-17-15-28(16-18-29)19-26(30)27-23-11-13-24(14-12-23)31-20-22-8-3-2-4-9-22/h2-14H,15-20H2,1H3,(H,27,30). The van der Waals surface area contributed by atoms with Crippen LogP contribution in [0.1, 0.15) is 11.1 Å². The second-order valence-electron chi connectivity index (χ2n) is 7.90. The van der Waals surface area contributed by atoms with Crippen LogP contribution in [-0.4, -0.2) is 43.5 Å². The molecule has 3 aromatic rings. The van der Waals surface area contributed by atoms with E-state index in [0.717, 1.165) is 43.2 Å². The predicted molar refractivity (Wildman–Crippen MR) is 126 cm³/mol. The van der Waals surface area contributed by atoms with Gasteiger partial charge in [0.25, 0.3) is 0 Å². The van der Waals surface area contributed by atoms with Gasteiger partial charge >= 0.3 is 0 Å². The Hall–Kier alpha value is -3.31. The number of hydrogen-bond acceptors (Lipinski definition) is 4. The maximum Gasteiger partial charge on any atom is 0.238 e. The predicted octanol–water partition coefficient (Wildman–Crippen LogP) is 4.33. The van der Waals surface area contributed by atoms with Gasteiger partial charge in [-0.3, -0.25) is 9.69 Å². The average molecular weight is 416 g/mol. The fourth-order valence-electron chi connectivity index (χ4n) is 3.84. The van der Waals surface area contributed by atoms with Gasteiger partial charge in [-0.25, -0.2) is 0 Å². The number of carbonyl (C=O) groups excluding carboxylic acids is 1. The Kier molecular flexibility index (Phi) is 6.85. The first-order valence-electron chi connectivity index (χ1n) is 10.8. The van der Waals surface area contributed by atoms with Crippen LogP contribution in [0.15, 0.2) is 78.9 Å². The lowest BCUT2D eigenvalue weighted by Crippen LogP contribution is -2.48. The zero-order valence-electron chi connectivity index (χ0n) is 18.0. The highest BCUT2D eigenvalue weighted by molar-refractivity contribution is 5.92. The average Bonchev–Trinajstić information content (AvgIpc) is 2.80. The Morgan fingerprint density at radius 1 is 0.871 bits per heavy atom. The number of rotatable bonds is 7. The molecule has 160 valence electrons. The van der Waals surface area contributed by atoms with Gasteiger partial charge in [-0.15, -0.1) is 0 Å². The van der Waals surface area contributed by atoms with Gasteiger partial charge < -0.3 is 15.0 Å². The van der Waals surface area contributed by atoms with Crippen molar-refractivity contribution in [2.45, 2.75) is 13.5 Å². The summed E-state index contributed by atoms with van der Waals surface area (Å²) in [5.41, 5.74) is 4.50. The second-order valence-corrected chi connectivity index (χ2v) is 7.90. The number of aryl methyl sites for hydroxylation is 1. The largest absolute Gasteiger partial charge is 0.489 e. The van der Waals surface area contributed by atoms with Gasteiger partial charge in [0.1, 0.15) is 12.4 Å². The summed E-state index contributed by atoms with van der Waals surface area (Å²) in [4.78, 5) is 17.1. The summed E-state index contributed by atoms with van der Waals surface area (Å²) >= 11 is 0. The van der Waals surface area contributed by atoms with Crippen LogP contribution in [0.5, 0.6) is 5.75 Å². The molecule has 1 fully saturated rings. The van der Waals surface area contributed by atoms with Crippen molar-refractivity contribution in [2.24, 2.45) is 0 Å². The summed E-state index contributed by atoms with van der Waals surface area (Å²) in [5.74, 6) is 0.802. The van der Waals surface area contributed by atoms with E-state index in [1.807, 2.05) is 54.6 Å². The lowest BCUT2D eigenvalue weighted by molar-refractivity contribution is -0.117. The third kappa shape index (κ3) is 5.86. The summed E-state index contributed by atoms with van der Waals surface area (Å²) in [6, 6.07) is 26.1. The number of nitrogens with zero attached hydrogens (tertiary/aromatic N) is 2. The van der Waals surface area contributed by atoms with Crippen LogP contribution in [0.25, 0.3) is 0 Å². The fraction of sp³-hybridized carbons (Fsp3) is 0.269. The highest BCUT2D eigenvalue weighted by atomic mass is 16.5. The summed E-state index contributed by atoms with van der Waals surface area (Å²) in [6.45, 7) is 6.72. The number of ether oxygens (including phenoxy) is 1. The number of anilines is 2. The van der Waals surface area contributed by atoms with Crippen molar-refractivity contribution in [2.75, 3.05) is 42.9 Å². The molecule has 0 unspecified atom stereocenters. The van der Waals surface area contributed by atoms with Crippen LogP contribution in [0, 0.1) is 6.92 Å². The summed E-state index contributed by atoms with van der Waals surface area (Å²) < 4.78 is 5.80. The molecule has 1 amide bonds. The summed E-state index contributed by atoms with van der Waals surface area (Å²) in [7, 11) is 0. The third-order valence-corrected chi connectivity index (χ3v) is 5.58. The van der Waals surface area contributed by atoms with Gasteiger partial charge in [-0.2, -0.15) is 0 Å². The van der Waals surface area contributed by atoms with Crippen molar-refractivity contribution in [3.63, 3.8) is 0 Å². The van der Waals surface area contributed by atoms with Gasteiger partial charge in [0.05, 0.1) is 6.54 Å². The molecule has 3 aromatic carbocycles. The summed E-state index contributed by atoms with van der Waals surface area (Å²) in [6.07, 6.45) is 0. The molecule has 1 N–H and O–H groups in total. The molecule has 0 saturated carbocycles. The molecule has 4 rings (SSSR count). The first-order valence-corrected chi connectivity index (χ1v) is 10.8. The van der Waals surface area contributed by atoms with Crippen LogP contribution in [0.2, 0.25) is 0 Å². The molecule has 5 nitrogen and oxygen atoms in total. The Balaban J connectivity index is 1.21. The highest BCUT2D eigenvalue weighted by Gasteiger charge is 2.20. The number of nitrogens with one attached hydrogen (secondary N) is 1. The SMILES string of the molecule is Cc1ccccc1N1CCN(CC(=O)Nc2ccc(OCc3ccccc3)cc2)CC1. The molecule has 1 aliphatic heterocycles. The Morgan fingerprint density at radius 2 is 1.55 bits per heavy atom. The first kappa shape index (κ1) is 20.9. The number of piperazine rings is 1. The number of carbonyl (C=O) groups is 1. The van der Waals surface area contributed by atoms with E-state index in [2.05, 4.69) is 46.3 Å². The minimum Gasteiger partial charge on any atom is -0.489 e. The molecule has 0 aliphatic carbocycles. The molecule has 31 heavy (non-hydrogen) atoms. The first-order chi connectivity index (χ1) is 15.2. The van der Waals surface area contributed by atoms with Crippen LogP contribution >= 0.6 is 0 Å². The molecule has 0 radical (unpaired) electrons. The van der Waals surface area contributed by atoms with Gasteiger partial charge in [0, 0.05) is 37.6 Å². The van der Waals surface area contributed by atoms with E-state index in [4.69, 9.17) is 4.74 Å². The van der Waals surface area contributed by atoms with E-state index in [1.165, 1.54) is 11.3 Å². The zero-order chi connectivity index (χ0) is 21.5. The molecular formula is C26H29N3O2. The molecule has 0 atom stereocenters. The minimum atomic E-state index is 0.0160. The van der Waals surface area contributed by atoms with Crippen LogP contribution in [0.4, 0.5) is 11.4 Å². The number of hydrogen-bond donors (Lipinski definition) is 1. The fourth-order valence-corrected chi connectivity index (χ4v) is 3.84. The Bertz CT molecular complexity index is 981. The van der Waals surface area contributed by atoms with Crippen molar-refractivity contribution in [1.82, 2.24) is 4.90 Å². The normalized spacial score (nSPS) is 14.3. The van der Waals surface area contributed by atoms with Crippen molar-refractivity contribution in [3.8, 4) is 5.75 Å². The van der Waals surface area contributed by atoms with E-state index >= 15 is 0 Å². The Labute approximate surface area is 184 Å². The van der Waals surface area contributed by atoms with Crippen LogP contribution in [-0.2, 0) is 11.4 Å². The number of benzene rings is 3. The van der Waals surface area contributed by atoms with Crippen LogP contribution in [0.3, 0.4) is 0 Å². The highest BCUT2D eigenvalue weighted by Crippen LogP contribution is 2.21. The van der Waals surface area contributed by atoms with Crippen LogP contribution < -0.4 is 15.0 Å². The molecule has 1 heterocycles. The van der Waals surface area contributed by atoms with E-state index in [0.29, 0.717) is 13.2 Å². The third-order valence-electron chi connectivity index (χ3n) is 5.58. The molecular weight excluding hydrogens is 386 g/mol. The van der Waals surface area contributed by atoms with Crippen molar-refractivity contribution < 1.29 is 9.53 Å². The van der Waals surface area contributed by atoms with Gasteiger partial charge in [-0.1, -0.05) is 48.5 Å². The number of amides is 1. The molecule has 1 aliphatic rings. The van der Waals surface area contributed by atoms with Gasteiger partial charge in [0.2, 0.25) is 5.91 Å². The molecule has 1 saturated heterocycles. The maximum atomic E-state index is 12.5. The maximum absolute atomic E-state index is 12.5. The van der Waals surface area contributed by atoms with Gasteiger partial charge in [0.15, 0.2) is 0 Å². The van der Waals surface area contributed by atoms with E-state index in [-0.39, 0.29) is 5.91 Å². The van der Waals surface area contributed by atoms with Gasteiger partial charge in [-0.05, 0) is 48.4 Å². The topological polar surface area (TPSA) is 44.8 Å².